The molecule has 13 heavy (non-hydrogen) atoms. The Kier molecular flexibility index (Phi) is 3.48. The fourth-order valence-corrected chi connectivity index (χ4v) is 1.88. The van der Waals surface area contributed by atoms with E-state index in [4.69, 9.17) is 5.11 Å². The maximum Gasteiger partial charge on any atom is 0.407 e. The normalized spacial score (nSPS) is 22.5. The Morgan fingerprint density at radius 1 is 1.62 bits per heavy atom. The summed E-state index contributed by atoms with van der Waals surface area (Å²) < 4.78 is 10.5. The molecule has 1 rings (SSSR count). The third kappa shape index (κ3) is 2.55. The standard InChI is InChI=1S/C8H13NO3S/c1-6(13-12)7-3-2-4-9(5-7)8(10)11/h7H,2-5H2,1H3,(H,10,11). The van der Waals surface area contributed by atoms with Gasteiger partial charge in [0.25, 0.3) is 0 Å². The van der Waals surface area contributed by atoms with Crippen LogP contribution < -0.4 is 0 Å². The molecule has 0 aliphatic carbocycles. The van der Waals surface area contributed by atoms with Crippen LogP contribution in [0.15, 0.2) is 0 Å². The molecule has 0 aromatic rings. The van der Waals surface area contributed by atoms with Crippen LogP contribution in [0.5, 0.6) is 0 Å². The van der Waals surface area contributed by atoms with Gasteiger partial charge >= 0.3 is 6.09 Å². The molecule has 1 aliphatic rings. The van der Waals surface area contributed by atoms with Gasteiger partial charge in [0.05, 0.1) is 11.3 Å². The summed E-state index contributed by atoms with van der Waals surface area (Å²) >= 11 is 0.492. The monoisotopic (exact) mass is 203 g/mol. The summed E-state index contributed by atoms with van der Waals surface area (Å²) in [6, 6.07) is 0. The van der Waals surface area contributed by atoms with Crippen LogP contribution in [0.4, 0.5) is 4.79 Å². The van der Waals surface area contributed by atoms with Crippen molar-refractivity contribution in [3.63, 3.8) is 0 Å². The summed E-state index contributed by atoms with van der Waals surface area (Å²) in [7, 11) is 0. The molecule has 1 amide bonds. The largest absolute Gasteiger partial charge is 0.465 e. The molecule has 0 aromatic carbocycles. The number of hydrogen-bond donors (Lipinski definition) is 1. The predicted octanol–water partition coefficient (Wildman–Crippen LogP) is 0.782. The molecule has 1 atom stereocenters. The van der Waals surface area contributed by atoms with E-state index in [1.54, 1.807) is 6.92 Å². The van der Waals surface area contributed by atoms with E-state index in [0.717, 1.165) is 17.7 Å². The zero-order chi connectivity index (χ0) is 9.84. The third-order valence-corrected chi connectivity index (χ3v) is 2.99. The van der Waals surface area contributed by atoms with E-state index in [0.29, 0.717) is 24.3 Å². The predicted molar refractivity (Wildman–Crippen MR) is 51.1 cm³/mol. The molecule has 74 valence electrons. The summed E-state index contributed by atoms with van der Waals surface area (Å²) in [5.74, 6) is 0.146. The van der Waals surface area contributed by atoms with Crippen molar-refractivity contribution in [2.45, 2.75) is 19.8 Å². The lowest BCUT2D eigenvalue weighted by Gasteiger charge is -2.29. The minimum absolute atomic E-state index is 0.146. The van der Waals surface area contributed by atoms with Crippen LogP contribution in [0.2, 0.25) is 0 Å². The van der Waals surface area contributed by atoms with E-state index in [1.807, 2.05) is 0 Å². The Balaban J connectivity index is 2.61. The van der Waals surface area contributed by atoms with Crippen molar-refractivity contribution in [3.8, 4) is 0 Å². The van der Waals surface area contributed by atoms with E-state index in [2.05, 4.69) is 0 Å². The number of carbonyl (C=O) groups is 1. The van der Waals surface area contributed by atoms with Gasteiger partial charge in [-0.25, -0.2) is 9.00 Å². The second-order valence-corrected chi connectivity index (χ2v) is 4.07. The van der Waals surface area contributed by atoms with Gasteiger partial charge in [-0.05, 0) is 19.8 Å². The van der Waals surface area contributed by atoms with Gasteiger partial charge < -0.3 is 10.0 Å². The second-order valence-electron chi connectivity index (χ2n) is 3.26. The molecule has 1 saturated heterocycles. The zero-order valence-electron chi connectivity index (χ0n) is 7.52. The number of piperidine rings is 1. The van der Waals surface area contributed by atoms with Crippen molar-refractivity contribution in [1.29, 1.82) is 0 Å². The van der Waals surface area contributed by atoms with E-state index in [9.17, 15) is 9.00 Å². The van der Waals surface area contributed by atoms with E-state index in [1.165, 1.54) is 4.90 Å². The molecule has 5 heteroatoms. The van der Waals surface area contributed by atoms with E-state index in [-0.39, 0.29) is 5.92 Å². The van der Waals surface area contributed by atoms with Gasteiger partial charge in [0.1, 0.15) is 0 Å². The molecular formula is C8H13NO3S. The first-order chi connectivity index (χ1) is 6.15. The summed E-state index contributed by atoms with van der Waals surface area (Å²) in [5.41, 5.74) is 0. The molecule has 0 aromatic heterocycles. The maximum absolute atomic E-state index is 10.6. The van der Waals surface area contributed by atoms with Crippen molar-refractivity contribution < 1.29 is 14.1 Å². The second kappa shape index (κ2) is 4.41. The number of likely N-dealkylation sites (tertiary alicyclic amines) is 1. The van der Waals surface area contributed by atoms with Gasteiger partial charge in [0, 0.05) is 23.9 Å². The molecule has 0 spiro atoms. The van der Waals surface area contributed by atoms with Crippen LogP contribution in [-0.4, -0.2) is 38.3 Å². The lowest BCUT2D eigenvalue weighted by atomic mass is 9.96. The lowest BCUT2D eigenvalue weighted by Crippen LogP contribution is -2.41. The van der Waals surface area contributed by atoms with Crippen molar-refractivity contribution in [2.75, 3.05) is 13.1 Å². The number of nitrogens with zero attached hydrogens (tertiary/aromatic N) is 1. The van der Waals surface area contributed by atoms with Crippen LogP contribution in [0.1, 0.15) is 19.8 Å². The average Bonchev–Trinajstić information content (AvgIpc) is 2.17. The molecule has 1 N–H and O–H groups in total. The third-order valence-electron chi connectivity index (χ3n) is 2.40. The summed E-state index contributed by atoms with van der Waals surface area (Å²) in [6.07, 6.45) is 0.910. The Morgan fingerprint density at radius 3 is 2.85 bits per heavy atom. The molecule has 1 fully saturated rings. The quantitative estimate of drug-likeness (QED) is 0.641. The Hall–Kier alpha value is -0.840. The highest BCUT2D eigenvalue weighted by molar-refractivity contribution is 7.66. The van der Waals surface area contributed by atoms with Crippen LogP contribution in [0, 0.1) is 5.92 Å². The molecule has 0 radical (unpaired) electrons. The molecule has 1 unspecified atom stereocenters. The van der Waals surface area contributed by atoms with Crippen LogP contribution in [-0.2, 0) is 11.3 Å². The van der Waals surface area contributed by atoms with Gasteiger partial charge in [0.2, 0.25) is 0 Å². The molecule has 1 heterocycles. The summed E-state index contributed by atoms with van der Waals surface area (Å²) in [6.45, 7) is 2.87. The van der Waals surface area contributed by atoms with E-state index >= 15 is 0 Å². The maximum atomic E-state index is 10.6. The van der Waals surface area contributed by atoms with Crippen molar-refractivity contribution in [1.82, 2.24) is 4.90 Å². The fraction of sp³-hybridized carbons (Fsp3) is 0.750. The molecular weight excluding hydrogens is 190 g/mol. The molecule has 1 aliphatic heterocycles. The summed E-state index contributed by atoms with van der Waals surface area (Å²) in [5, 5.41) is 8.74. The minimum atomic E-state index is -0.881. The molecule has 4 nitrogen and oxygen atoms in total. The smallest absolute Gasteiger partial charge is 0.407 e. The first-order valence-corrected chi connectivity index (χ1v) is 5.00. The molecule has 0 saturated carbocycles. The topological polar surface area (TPSA) is 57.6 Å². The lowest BCUT2D eigenvalue weighted by molar-refractivity contribution is 0.129. The first kappa shape index (κ1) is 10.2. The van der Waals surface area contributed by atoms with Crippen molar-refractivity contribution in [3.05, 3.63) is 0 Å². The highest BCUT2D eigenvalue weighted by Crippen LogP contribution is 2.17. The zero-order valence-corrected chi connectivity index (χ0v) is 8.34. The van der Waals surface area contributed by atoms with Crippen LogP contribution in [0.25, 0.3) is 0 Å². The Morgan fingerprint density at radius 2 is 2.31 bits per heavy atom. The van der Waals surface area contributed by atoms with Gasteiger partial charge in [-0.2, -0.15) is 0 Å². The van der Waals surface area contributed by atoms with Gasteiger partial charge in [-0.1, -0.05) is 0 Å². The highest BCUT2D eigenvalue weighted by atomic mass is 32.1. The van der Waals surface area contributed by atoms with Crippen LogP contribution in [0.3, 0.4) is 0 Å². The molecule has 0 bridgehead atoms. The number of carboxylic acid groups (broad SMARTS) is 1. The van der Waals surface area contributed by atoms with Gasteiger partial charge in [0.15, 0.2) is 0 Å². The highest BCUT2D eigenvalue weighted by Gasteiger charge is 2.24. The van der Waals surface area contributed by atoms with Crippen molar-refractivity contribution in [2.24, 2.45) is 5.92 Å². The number of rotatable bonds is 1. The van der Waals surface area contributed by atoms with Crippen LogP contribution >= 0.6 is 0 Å². The average molecular weight is 203 g/mol. The summed E-state index contributed by atoms with van der Waals surface area (Å²) in [4.78, 5) is 12.8. The Bertz CT molecular complexity index is 260. The number of amides is 1. The SMILES string of the molecule is CC(=S=O)C1CCCN(C(=O)O)C1. The number of hydrogen-bond acceptors (Lipinski definition) is 2. The van der Waals surface area contributed by atoms with E-state index < -0.39 is 6.09 Å². The fourth-order valence-electron chi connectivity index (χ4n) is 1.55. The van der Waals surface area contributed by atoms with Gasteiger partial charge in [-0.15, -0.1) is 0 Å². The van der Waals surface area contributed by atoms with Crippen molar-refractivity contribution >= 4 is 22.2 Å². The first-order valence-electron chi connectivity index (χ1n) is 4.26. The Labute approximate surface area is 80.6 Å². The van der Waals surface area contributed by atoms with Gasteiger partial charge in [-0.3, -0.25) is 0 Å². The minimum Gasteiger partial charge on any atom is -0.465 e.